The van der Waals surface area contributed by atoms with Gasteiger partial charge in [-0.2, -0.15) is 5.26 Å². The molecule has 1 atom stereocenters. The number of nitrogens with zero attached hydrogens (tertiary/aromatic N) is 1. The molecule has 0 radical (unpaired) electrons. The highest BCUT2D eigenvalue weighted by Crippen LogP contribution is 2.23. The van der Waals surface area contributed by atoms with Crippen molar-refractivity contribution in [2.75, 3.05) is 18.6 Å². The summed E-state index contributed by atoms with van der Waals surface area (Å²) >= 11 is 1.62. The molecule has 0 amide bonds. The standard InChI is InChI=1S/C14H20N2O2S2/c1-4-16-14(2,11-15)9-10-19-12-5-7-13(8-6-12)20(3,17)18/h5-8,16H,4,9-10H2,1-3H3. The van der Waals surface area contributed by atoms with E-state index in [9.17, 15) is 8.42 Å². The molecule has 1 N–H and O–H groups in total. The van der Waals surface area contributed by atoms with Crippen LogP contribution < -0.4 is 5.32 Å². The summed E-state index contributed by atoms with van der Waals surface area (Å²) < 4.78 is 22.7. The molecule has 0 saturated carbocycles. The number of hydrogen-bond donors (Lipinski definition) is 1. The molecule has 0 bridgehead atoms. The lowest BCUT2D eigenvalue weighted by atomic mass is 10.0. The lowest BCUT2D eigenvalue weighted by molar-refractivity contribution is 0.450. The molecule has 1 unspecified atom stereocenters. The summed E-state index contributed by atoms with van der Waals surface area (Å²) in [5.41, 5.74) is -0.506. The minimum Gasteiger partial charge on any atom is -0.300 e. The van der Waals surface area contributed by atoms with Crippen LogP contribution in [0.1, 0.15) is 20.3 Å². The predicted octanol–water partition coefficient (Wildman–Crippen LogP) is 2.46. The molecular formula is C14H20N2O2S2. The van der Waals surface area contributed by atoms with Gasteiger partial charge in [-0.15, -0.1) is 11.8 Å². The van der Waals surface area contributed by atoms with Gasteiger partial charge in [-0.3, -0.25) is 5.32 Å². The van der Waals surface area contributed by atoms with Crippen LogP contribution in [0.15, 0.2) is 34.1 Å². The van der Waals surface area contributed by atoms with Gasteiger partial charge in [0.15, 0.2) is 9.84 Å². The normalized spacial score (nSPS) is 14.5. The molecule has 1 rings (SSSR count). The van der Waals surface area contributed by atoms with Crippen molar-refractivity contribution in [2.24, 2.45) is 0 Å². The highest BCUT2D eigenvalue weighted by molar-refractivity contribution is 7.99. The fourth-order valence-corrected chi connectivity index (χ4v) is 3.44. The van der Waals surface area contributed by atoms with Gasteiger partial charge in [-0.05, 0) is 44.2 Å². The largest absolute Gasteiger partial charge is 0.300 e. The second-order valence-corrected chi connectivity index (χ2v) is 8.00. The molecule has 0 saturated heterocycles. The second kappa shape index (κ2) is 7.11. The fraction of sp³-hybridized carbons (Fsp3) is 0.500. The van der Waals surface area contributed by atoms with Crippen molar-refractivity contribution in [1.29, 1.82) is 5.26 Å². The first-order valence-electron chi connectivity index (χ1n) is 6.40. The van der Waals surface area contributed by atoms with Gasteiger partial charge in [-0.1, -0.05) is 6.92 Å². The summed E-state index contributed by atoms with van der Waals surface area (Å²) in [6, 6.07) is 9.13. The van der Waals surface area contributed by atoms with E-state index in [0.29, 0.717) is 4.90 Å². The third-order valence-corrected chi connectivity index (χ3v) is 5.08. The van der Waals surface area contributed by atoms with Crippen molar-refractivity contribution in [1.82, 2.24) is 5.32 Å². The smallest absolute Gasteiger partial charge is 0.175 e. The highest BCUT2D eigenvalue weighted by atomic mass is 32.2. The summed E-state index contributed by atoms with van der Waals surface area (Å²) in [5, 5.41) is 12.3. The number of benzene rings is 1. The van der Waals surface area contributed by atoms with Crippen LogP contribution in [0.3, 0.4) is 0 Å². The van der Waals surface area contributed by atoms with Crippen LogP contribution in [0.2, 0.25) is 0 Å². The van der Waals surface area contributed by atoms with Crippen LogP contribution in [-0.2, 0) is 9.84 Å². The molecule has 0 spiro atoms. The maximum Gasteiger partial charge on any atom is 0.175 e. The molecule has 0 aliphatic rings. The molecule has 1 aromatic rings. The van der Waals surface area contributed by atoms with E-state index in [-0.39, 0.29) is 0 Å². The molecule has 0 aliphatic heterocycles. The Labute approximate surface area is 125 Å². The van der Waals surface area contributed by atoms with E-state index in [1.54, 1.807) is 36.0 Å². The monoisotopic (exact) mass is 312 g/mol. The summed E-state index contributed by atoms with van der Waals surface area (Å²) in [7, 11) is -3.14. The van der Waals surface area contributed by atoms with Gasteiger partial charge in [0.1, 0.15) is 5.54 Å². The number of nitrogens with one attached hydrogen (secondary N) is 1. The number of nitriles is 1. The Kier molecular flexibility index (Phi) is 6.06. The molecule has 0 heterocycles. The first-order valence-corrected chi connectivity index (χ1v) is 9.27. The molecule has 6 heteroatoms. The van der Waals surface area contributed by atoms with E-state index in [1.807, 2.05) is 13.8 Å². The average molecular weight is 312 g/mol. The summed E-state index contributed by atoms with van der Waals surface area (Å²) in [5.74, 6) is 0.801. The second-order valence-electron chi connectivity index (χ2n) is 4.82. The lowest BCUT2D eigenvalue weighted by Crippen LogP contribution is -2.41. The van der Waals surface area contributed by atoms with Crippen molar-refractivity contribution in [3.05, 3.63) is 24.3 Å². The molecule has 110 valence electrons. The minimum absolute atomic E-state index is 0.330. The fourth-order valence-electron chi connectivity index (χ4n) is 1.73. The lowest BCUT2D eigenvalue weighted by Gasteiger charge is -2.22. The zero-order valence-electron chi connectivity index (χ0n) is 12.0. The Morgan fingerprint density at radius 3 is 2.40 bits per heavy atom. The number of thioether (sulfide) groups is 1. The maximum absolute atomic E-state index is 11.3. The Bertz CT molecular complexity index is 576. The Hall–Kier alpha value is -1.03. The molecule has 0 fully saturated rings. The first-order chi connectivity index (χ1) is 9.30. The summed E-state index contributed by atoms with van der Waals surface area (Å²) in [6.07, 6.45) is 1.93. The Morgan fingerprint density at radius 2 is 1.95 bits per heavy atom. The predicted molar refractivity (Wildman–Crippen MR) is 82.6 cm³/mol. The van der Waals surface area contributed by atoms with Crippen molar-refractivity contribution in [3.63, 3.8) is 0 Å². The molecule has 0 aliphatic carbocycles. The van der Waals surface area contributed by atoms with Gasteiger partial charge in [0, 0.05) is 16.9 Å². The third-order valence-electron chi connectivity index (χ3n) is 2.94. The number of rotatable bonds is 7. The van der Waals surface area contributed by atoms with E-state index >= 15 is 0 Å². The maximum atomic E-state index is 11.3. The average Bonchev–Trinajstić information content (AvgIpc) is 2.38. The quantitative estimate of drug-likeness (QED) is 0.783. The van der Waals surface area contributed by atoms with E-state index in [2.05, 4.69) is 11.4 Å². The van der Waals surface area contributed by atoms with E-state index in [4.69, 9.17) is 5.26 Å². The van der Waals surface area contributed by atoms with Crippen molar-refractivity contribution in [2.45, 2.75) is 35.6 Å². The van der Waals surface area contributed by atoms with E-state index in [1.165, 1.54) is 6.26 Å². The Balaban J connectivity index is 2.57. The van der Waals surface area contributed by atoms with Crippen molar-refractivity contribution >= 4 is 21.6 Å². The highest BCUT2D eigenvalue weighted by Gasteiger charge is 2.21. The van der Waals surface area contributed by atoms with Gasteiger partial charge in [-0.25, -0.2) is 8.42 Å². The summed E-state index contributed by atoms with van der Waals surface area (Å²) in [6.45, 7) is 4.63. The zero-order chi connectivity index (χ0) is 15.2. The SMILES string of the molecule is CCNC(C)(C#N)CCSc1ccc(S(C)(=O)=O)cc1. The van der Waals surface area contributed by atoms with Gasteiger partial charge in [0.2, 0.25) is 0 Å². The van der Waals surface area contributed by atoms with Crippen molar-refractivity contribution < 1.29 is 8.42 Å². The van der Waals surface area contributed by atoms with E-state index < -0.39 is 15.4 Å². The topological polar surface area (TPSA) is 70.0 Å². The molecule has 0 aromatic heterocycles. The molecule has 4 nitrogen and oxygen atoms in total. The zero-order valence-corrected chi connectivity index (χ0v) is 13.6. The van der Waals surface area contributed by atoms with Crippen LogP contribution in [0.5, 0.6) is 0 Å². The van der Waals surface area contributed by atoms with Gasteiger partial charge in [0.05, 0.1) is 11.0 Å². The number of hydrogen-bond acceptors (Lipinski definition) is 5. The van der Waals surface area contributed by atoms with Crippen LogP contribution >= 0.6 is 11.8 Å². The van der Waals surface area contributed by atoms with E-state index in [0.717, 1.165) is 23.6 Å². The molecule has 1 aromatic carbocycles. The van der Waals surface area contributed by atoms with Crippen LogP contribution in [0.4, 0.5) is 0 Å². The number of sulfone groups is 1. The molecule has 20 heavy (non-hydrogen) atoms. The molecular weight excluding hydrogens is 292 g/mol. The Morgan fingerprint density at radius 1 is 1.35 bits per heavy atom. The van der Waals surface area contributed by atoms with Crippen LogP contribution in [0.25, 0.3) is 0 Å². The first kappa shape index (κ1) is 17.0. The van der Waals surface area contributed by atoms with Crippen molar-refractivity contribution in [3.8, 4) is 6.07 Å². The minimum atomic E-state index is -3.14. The van der Waals surface area contributed by atoms with Gasteiger partial charge in [0.25, 0.3) is 0 Å². The third kappa shape index (κ3) is 5.16. The van der Waals surface area contributed by atoms with Gasteiger partial charge >= 0.3 is 0 Å². The van der Waals surface area contributed by atoms with Gasteiger partial charge < -0.3 is 0 Å². The summed E-state index contributed by atoms with van der Waals surface area (Å²) in [4.78, 5) is 1.34. The van der Waals surface area contributed by atoms with Crippen LogP contribution in [-0.4, -0.2) is 32.5 Å². The van der Waals surface area contributed by atoms with Crippen LogP contribution in [0, 0.1) is 11.3 Å².